The van der Waals surface area contributed by atoms with Crippen molar-refractivity contribution in [1.29, 1.82) is 0 Å². The van der Waals surface area contributed by atoms with E-state index in [4.69, 9.17) is 5.11 Å². The minimum absolute atomic E-state index is 0.00713. The molecule has 1 saturated carbocycles. The lowest BCUT2D eigenvalue weighted by atomic mass is 10.0. The van der Waals surface area contributed by atoms with Crippen molar-refractivity contribution in [2.24, 2.45) is 5.41 Å². The van der Waals surface area contributed by atoms with Crippen molar-refractivity contribution in [2.45, 2.75) is 19.3 Å². The molecule has 6 nitrogen and oxygen atoms in total. The summed E-state index contributed by atoms with van der Waals surface area (Å²) in [4.78, 5) is 14.1. The highest BCUT2D eigenvalue weighted by atomic mass is 16.6. The molecule has 1 aliphatic carbocycles. The van der Waals surface area contributed by atoms with Gasteiger partial charge in [0.25, 0.3) is 0 Å². The Hall–Kier alpha value is -1.69. The van der Waals surface area contributed by atoms with Crippen molar-refractivity contribution in [3.8, 4) is 0 Å². The monoisotopic (exact) mass is 237 g/mol. The predicted molar refractivity (Wildman–Crippen MR) is 62.8 cm³/mol. The molecule has 0 radical (unpaired) electrons. The highest BCUT2D eigenvalue weighted by Gasteiger charge is 2.41. The number of rotatable bonds is 6. The van der Waals surface area contributed by atoms with Crippen molar-refractivity contribution in [2.75, 3.05) is 18.5 Å². The highest BCUT2D eigenvalue weighted by molar-refractivity contribution is 5.59. The van der Waals surface area contributed by atoms with Gasteiger partial charge in [-0.3, -0.25) is 15.1 Å². The van der Waals surface area contributed by atoms with Gasteiger partial charge in [0.05, 0.1) is 4.92 Å². The number of aliphatic hydroxyl groups excluding tert-OH is 1. The molecule has 2 N–H and O–H groups in total. The van der Waals surface area contributed by atoms with Crippen LogP contribution >= 0.6 is 0 Å². The molecule has 1 aromatic heterocycles. The van der Waals surface area contributed by atoms with Crippen molar-refractivity contribution in [3.63, 3.8) is 0 Å². The molecule has 6 heteroatoms. The Bertz CT molecular complexity index is 418. The number of hydrogen-bond donors (Lipinski definition) is 2. The second-order valence-electron chi connectivity index (χ2n) is 4.48. The lowest BCUT2D eigenvalue weighted by molar-refractivity contribution is -0.384. The van der Waals surface area contributed by atoms with Crippen molar-refractivity contribution < 1.29 is 10.0 Å². The average Bonchev–Trinajstić information content (AvgIpc) is 3.08. The number of aromatic nitrogens is 1. The smallest absolute Gasteiger partial charge is 0.310 e. The lowest BCUT2D eigenvalue weighted by Gasteiger charge is -2.15. The summed E-state index contributed by atoms with van der Waals surface area (Å²) in [5.41, 5.74) is 0.618. The number of hydrogen-bond acceptors (Lipinski definition) is 5. The van der Waals surface area contributed by atoms with Gasteiger partial charge in [-0.2, -0.15) is 0 Å². The van der Waals surface area contributed by atoms with Gasteiger partial charge in [-0.05, 0) is 30.7 Å². The molecule has 17 heavy (non-hydrogen) atoms. The maximum atomic E-state index is 10.8. The number of nitro groups is 1. The first-order chi connectivity index (χ1) is 8.17. The van der Waals surface area contributed by atoms with Gasteiger partial charge < -0.3 is 10.4 Å². The minimum Gasteiger partial charge on any atom is -0.396 e. The molecule has 0 unspecified atom stereocenters. The zero-order chi connectivity index (χ0) is 12.3. The maximum Gasteiger partial charge on any atom is 0.310 e. The SMILES string of the molecule is O=[N+]([O-])c1cnccc1NCC1(CCO)CC1. The standard InChI is InChI=1S/C11H15N3O3/c15-6-4-11(2-3-11)8-13-9-1-5-12-7-10(9)14(16)17/h1,5,7,15H,2-4,6,8H2,(H,12,13). The summed E-state index contributed by atoms with van der Waals surface area (Å²) in [7, 11) is 0. The summed E-state index contributed by atoms with van der Waals surface area (Å²) in [5, 5.41) is 22.8. The molecule has 1 aliphatic rings. The van der Waals surface area contributed by atoms with E-state index in [9.17, 15) is 10.1 Å². The van der Waals surface area contributed by atoms with E-state index in [1.807, 2.05) is 0 Å². The van der Waals surface area contributed by atoms with Gasteiger partial charge in [-0.1, -0.05) is 0 Å². The quantitative estimate of drug-likeness (QED) is 0.579. The molecule has 0 saturated heterocycles. The fourth-order valence-corrected chi connectivity index (χ4v) is 1.89. The van der Waals surface area contributed by atoms with Gasteiger partial charge in [-0.25, -0.2) is 0 Å². The first kappa shape index (κ1) is 11.8. The van der Waals surface area contributed by atoms with Crippen LogP contribution in [0, 0.1) is 15.5 Å². The van der Waals surface area contributed by atoms with Crippen LogP contribution in [0.25, 0.3) is 0 Å². The van der Waals surface area contributed by atoms with Gasteiger partial charge in [0, 0.05) is 19.3 Å². The van der Waals surface area contributed by atoms with E-state index < -0.39 is 4.92 Å². The van der Waals surface area contributed by atoms with Crippen LogP contribution in [0.4, 0.5) is 11.4 Å². The van der Waals surface area contributed by atoms with Crippen molar-refractivity contribution in [1.82, 2.24) is 4.98 Å². The first-order valence-electron chi connectivity index (χ1n) is 5.60. The fraction of sp³-hybridized carbons (Fsp3) is 0.545. The van der Waals surface area contributed by atoms with Crippen LogP contribution in [0.3, 0.4) is 0 Å². The normalized spacial score (nSPS) is 16.5. The molecule has 0 aliphatic heterocycles. The molecule has 92 valence electrons. The molecule has 0 aromatic carbocycles. The topological polar surface area (TPSA) is 88.3 Å². The number of aliphatic hydroxyl groups is 1. The molecule has 1 aromatic rings. The van der Waals surface area contributed by atoms with E-state index in [0.29, 0.717) is 12.2 Å². The summed E-state index contributed by atoms with van der Waals surface area (Å²) in [6, 6.07) is 1.60. The van der Waals surface area contributed by atoms with Crippen LogP contribution in [-0.2, 0) is 0 Å². The van der Waals surface area contributed by atoms with E-state index in [1.54, 1.807) is 6.07 Å². The second-order valence-corrected chi connectivity index (χ2v) is 4.48. The second kappa shape index (κ2) is 4.67. The molecule has 0 spiro atoms. The maximum absolute atomic E-state index is 10.8. The van der Waals surface area contributed by atoms with Crippen molar-refractivity contribution >= 4 is 11.4 Å². The van der Waals surface area contributed by atoms with Gasteiger partial charge >= 0.3 is 5.69 Å². The molecule has 1 fully saturated rings. The molecule has 2 rings (SSSR count). The third kappa shape index (κ3) is 2.71. The van der Waals surface area contributed by atoms with E-state index >= 15 is 0 Å². The first-order valence-corrected chi connectivity index (χ1v) is 5.60. The van der Waals surface area contributed by atoms with Gasteiger partial charge in [0.2, 0.25) is 0 Å². The van der Waals surface area contributed by atoms with Crippen molar-refractivity contribution in [3.05, 3.63) is 28.6 Å². The molecule has 0 atom stereocenters. The van der Waals surface area contributed by atoms with Gasteiger partial charge in [-0.15, -0.1) is 0 Å². The third-order valence-corrected chi connectivity index (χ3v) is 3.25. The van der Waals surface area contributed by atoms with Gasteiger partial charge in [0.15, 0.2) is 0 Å². The largest absolute Gasteiger partial charge is 0.396 e. The van der Waals surface area contributed by atoms with Crippen LogP contribution in [0.5, 0.6) is 0 Å². The predicted octanol–water partition coefficient (Wildman–Crippen LogP) is 1.56. The average molecular weight is 237 g/mol. The molecular formula is C11H15N3O3. The number of anilines is 1. The Labute approximate surface area is 98.8 Å². The Morgan fingerprint density at radius 3 is 2.94 bits per heavy atom. The number of nitrogens with one attached hydrogen (secondary N) is 1. The van der Waals surface area contributed by atoms with E-state index in [0.717, 1.165) is 19.3 Å². The Balaban J connectivity index is 2.02. The van der Waals surface area contributed by atoms with Crippen LogP contribution in [0.15, 0.2) is 18.5 Å². The van der Waals surface area contributed by atoms with Crippen LogP contribution in [0.1, 0.15) is 19.3 Å². The zero-order valence-electron chi connectivity index (χ0n) is 9.43. The minimum atomic E-state index is -0.444. The van der Waals surface area contributed by atoms with Crippen LogP contribution in [0.2, 0.25) is 0 Å². The van der Waals surface area contributed by atoms with E-state index in [2.05, 4.69) is 10.3 Å². The third-order valence-electron chi connectivity index (χ3n) is 3.25. The number of pyridine rings is 1. The lowest BCUT2D eigenvalue weighted by Crippen LogP contribution is -2.17. The molecule has 0 bridgehead atoms. The van der Waals surface area contributed by atoms with E-state index in [1.165, 1.54) is 12.4 Å². The van der Waals surface area contributed by atoms with Crippen LogP contribution in [-0.4, -0.2) is 28.2 Å². The van der Waals surface area contributed by atoms with Crippen LogP contribution < -0.4 is 5.32 Å². The summed E-state index contributed by atoms with van der Waals surface area (Å²) in [5.74, 6) is 0. The molecule has 0 amide bonds. The van der Waals surface area contributed by atoms with Gasteiger partial charge in [0.1, 0.15) is 11.9 Å². The zero-order valence-corrected chi connectivity index (χ0v) is 9.43. The highest BCUT2D eigenvalue weighted by Crippen LogP contribution is 2.48. The molecule has 1 heterocycles. The summed E-state index contributed by atoms with van der Waals surface area (Å²) in [6.45, 7) is 0.832. The summed E-state index contributed by atoms with van der Waals surface area (Å²) >= 11 is 0. The van der Waals surface area contributed by atoms with E-state index in [-0.39, 0.29) is 17.7 Å². The molecular weight excluding hydrogens is 222 g/mol. The number of nitrogens with zero attached hydrogens (tertiary/aromatic N) is 2. The Morgan fingerprint density at radius 1 is 1.59 bits per heavy atom. The fourth-order valence-electron chi connectivity index (χ4n) is 1.89. The Kier molecular flexibility index (Phi) is 3.23. The summed E-state index contributed by atoms with van der Waals surface area (Å²) in [6.07, 6.45) is 5.66. The summed E-state index contributed by atoms with van der Waals surface area (Å²) < 4.78 is 0. The Morgan fingerprint density at radius 2 is 2.35 bits per heavy atom.